The molecule has 2 aromatic carbocycles. The summed E-state index contributed by atoms with van der Waals surface area (Å²) in [5, 5.41) is 8.35. The lowest BCUT2D eigenvalue weighted by atomic mass is 10.1. The van der Waals surface area contributed by atoms with Gasteiger partial charge in [0.15, 0.2) is 0 Å². The Balaban J connectivity index is 1.88. The summed E-state index contributed by atoms with van der Waals surface area (Å²) in [4.78, 5) is 23.8. The predicted molar refractivity (Wildman–Crippen MR) is 105 cm³/mol. The predicted octanol–water partition coefficient (Wildman–Crippen LogP) is 2.95. The fourth-order valence-electron chi connectivity index (χ4n) is 2.48. The van der Waals surface area contributed by atoms with E-state index in [4.69, 9.17) is 9.47 Å². The highest BCUT2D eigenvalue weighted by Crippen LogP contribution is 2.20. The number of hydrogen-bond donors (Lipinski definition) is 3. The molecule has 0 saturated carbocycles. The van der Waals surface area contributed by atoms with Crippen LogP contribution in [0.5, 0.6) is 5.75 Å². The minimum Gasteiger partial charge on any atom is -0.497 e. The van der Waals surface area contributed by atoms with Gasteiger partial charge in [0.1, 0.15) is 12.4 Å². The van der Waals surface area contributed by atoms with E-state index in [1.807, 2.05) is 37.3 Å². The molecule has 0 aromatic heterocycles. The van der Waals surface area contributed by atoms with Crippen molar-refractivity contribution in [3.05, 3.63) is 53.6 Å². The number of aryl methyl sites for hydroxylation is 1. The van der Waals surface area contributed by atoms with E-state index in [2.05, 4.69) is 16.0 Å². The van der Waals surface area contributed by atoms with Crippen molar-refractivity contribution in [2.75, 3.05) is 38.0 Å². The highest BCUT2D eigenvalue weighted by molar-refractivity contribution is 5.94. The lowest BCUT2D eigenvalue weighted by Gasteiger charge is -2.12. The van der Waals surface area contributed by atoms with Crippen molar-refractivity contribution < 1.29 is 19.1 Å². The van der Waals surface area contributed by atoms with Crippen LogP contribution in [0.15, 0.2) is 42.5 Å². The van der Waals surface area contributed by atoms with Crippen LogP contribution in [0.1, 0.15) is 11.1 Å². The maximum atomic E-state index is 12.2. The van der Waals surface area contributed by atoms with Gasteiger partial charge < -0.3 is 25.4 Å². The molecular formula is C20H25N3O4. The van der Waals surface area contributed by atoms with Crippen LogP contribution >= 0.6 is 0 Å². The normalized spacial score (nSPS) is 10.2. The summed E-state index contributed by atoms with van der Waals surface area (Å²) in [5.41, 5.74) is 3.19. The van der Waals surface area contributed by atoms with E-state index in [0.717, 1.165) is 16.9 Å². The van der Waals surface area contributed by atoms with Crippen molar-refractivity contribution in [1.29, 1.82) is 0 Å². The molecule has 2 rings (SSSR count). The molecular weight excluding hydrogens is 346 g/mol. The molecule has 3 N–H and O–H groups in total. The molecule has 0 aliphatic carbocycles. The Labute approximate surface area is 159 Å². The van der Waals surface area contributed by atoms with Gasteiger partial charge in [-0.2, -0.15) is 0 Å². The van der Waals surface area contributed by atoms with Gasteiger partial charge in [-0.3, -0.25) is 4.79 Å². The second-order valence-electron chi connectivity index (χ2n) is 5.99. The van der Waals surface area contributed by atoms with Gasteiger partial charge in [0.05, 0.1) is 7.11 Å². The topological polar surface area (TPSA) is 88.7 Å². The van der Waals surface area contributed by atoms with Crippen LogP contribution in [-0.2, 0) is 16.0 Å². The molecule has 0 atom stereocenters. The second kappa shape index (κ2) is 10.2. The van der Waals surface area contributed by atoms with Gasteiger partial charge in [-0.15, -0.1) is 0 Å². The van der Waals surface area contributed by atoms with Gasteiger partial charge in [-0.25, -0.2) is 4.79 Å². The Bertz CT molecular complexity index is 793. The third-order valence-corrected chi connectivity index (χ3v) is 3.88. The van der Waals surface area contributed by atoms with Crippen LogP contribution in [0.4, 0.5) is 16.2 Å². The van der Waals surface area contributed by atoms with E-state index in [1.54, 1.807) is 19.2 Å². The first-order valence-electron chi connectivity index (χ1n) is 8.59. The summed E-state index contributed by atoms with van der Waals surface area (Å²) in [6.07, 6.45) is 0.691. The number of anilines is 2. The van der Waals surface area contributed by atoms with Gasteiger partial charge in [0.2, 0.25) is 5.91 Å². The third kappa shape index (κ3) is 6.63. The molecule has 0 spiro atoms. The van der Waals surface area contributed by atoms with E-state index in [1.165, 1.54) is 7.11 Å². The maximum absolute atomic E-state index is 12.2. The molecule has 7 heteroatoms. The molecule has 27 heavy (non-hydrogen) atoms. The standard InChI is InChI=1S/C20H25N3O4/c1-14-7-8-16(22-19(24)13-26-2)12-18(14)23-20(25)21-10-9-15-5-4-6-17(11-15)27-3/h4-8,11-12H,9-10,13H2,1-3H3,(H,22,24)(H2,21,23,25). The van der Waals surface area contributed by atoms with Crippen molar-refractivity contribution >= 4 is 23.3 Å². The summed E-state index contributed by atoms with van der Waals surface area (Å²) < 4.78 is 9.98. The Morgan fingerprint density at radius 3 is 2.59 bits per heavy atom. The van der Waals surface area contributed by atoms with Crippen molar-refractivity contribution in [1.82, 2.24) is 5.32 Å². The average molecular weight is 371 g/mol. The van der Waals surface area contributed by atoms with Crippen LogP contribution in [-0.4, -0.2) is 39.3 Å². The van der Waals surface area contributed by atoms with Crippen molar-refractivity contribution in [3.63, 3.8) is 0 Å². The number of ether oxygens (including phenoxy) is 2. The summed E-state index contributed by atoms with van der Waals surface area (Å²) in [7, 11) is 3.08. The Hall–Kier alpha value is -3.06. The van der Waals surface area contributed by atoms with Gasteiger partial charge in [-0.1, -0.05) is 18.2 Å². The zero-order chi connectivity index (χ0) is 19.6. The number of nitrogens with one attached hydrogen (secondary N) is 3. The van der Waals surface area contributed by atoms with E-state index >= 15 is 0 Å². The fourth-order valence-corrected chi connectivity index (χ4v) is 2.48. The highest BCUT2D eigenvalue weighted by Gasteiger charge is 2.07. The zero-order valence-electron chi connectivity index (χ0n) is 15.8. The van der Waals surface area contributed by atoms with Crippen LogP contribution in [0, 0.1) is 6.92 Å². The number of benzene rings is 2. The zero-order valence-corrected chi connectivity index (χ0v) is 15.8. The number of rotatable bonds is 8. The highest BCUT2D eigenvalue weighted by atomic mass is 16.5. The van der Waals surface area contributed by atoms with E-state index in [0.29, 0.717) is 24.3 Å². The summed E-state index contributed by atoms with van der Waals surface area (Å²) >= 11 is 0. The largest absolute Gasteiger partial charge is 0.497 e. The van der Waals surface area contributed by atoms with E-state index < -0.39 is 0 Å². The molecule has 0 saturated heterocycles. The first-order valence-corrected chi connectivity index (χ1v) is 8.59. The number of carbonyl (C=O) groups is 2. The van der Waals surface area contributed by atoms with Crippen molar-refractivity contribution in [3.8, 4) is 5.75 Å². The molecule has 0 heterocycles. The Morgan fingerprint density at radius 1 is 1.04 bits per heavy atom. The number of hydrogen-bond acceptors (Lipinski definition) is 4. The first-order chi connectivity index (χ1) is 13.0. The molecule has 0 radical (unpaired) electrons. The minimum atomic E-state index is -0.304. The molecule has 0 fully saturated rings. The molecule has 7 nitrogen and oxygen atoms in total. The summed E-state index contributed by atoms with van der Waals surface area (Å²) in [6.45, 7) is 2.34. The quantitative estimate of drug-likeness (QED) is 0.666. The molecule has 0 aliphatic rings. The van der Waals surface area contributed by atoms with Gasteiger partial charge in [-0.05, 0) is 48.7 Å². The van der Waals surface area contributed by atoms with E-state index in [-0.39, 0.29) is 18.5 Å². The second-order valence-corrected chi connectivity index (χ2v) is 5.99. The number of amides is 3. The number of carbonyl (C=O) groups excluding carboxylic acids is 2. The van der Waals surface area contributed by atoms with Crippen molar-refractivity contribution in [2.24, 2.45) is 0 Å². The molecule has 3 amide bonds. The van der Waals surface area contributed by atoms with Crippen LogP contribution < -0.4 is 20.7 Å². The van der Waals surface area contributed by atoms with E-state index in [9.17, 15) is 9.59 Å². The van der Waals surface area contributed by atoms with Crippen molar-refractivity contribution in [2.45, 2.75) is 13.3 Å². The monoisotopic (exact) mass is 371 g/mol. The average Bonchev–Trinajstić information content (AvgIpc) is 2.65. The smallest absolute Gasteiger partial charge is 0.319 e. The maximum Gasteiger partial charge on any atom is 0.319 e. The van der Waals surface area contributed by atoms with Gasteiger partial charge >= 0.3 is 6.03 Å². The lowest BCUT2D eigenvalue weighted by Crippen LogP contribution is -2.30. The molecule has 0 bridgehead atoms. The Morgan fingerprint density at radius 2 is 1.85 bits per heavy atom. The fraction of sp³-hybridized carbons (Fsp3) is 0.300. The van der Waals surface area contributed by atoms with Crippen LogP contribution in [0.2, 0.25) is 0 Å². The minimum absolute atomic E-state index is 0.0264. The Kier molecular flexibility index (Phi) is 7.63. The lowest BCUT2D eigenvalue weighted by molar-refractivity contribution is -0.119. The number of methoxy groups -OCH3 is 2. The third-order valence-electron chi connectivity index (χ3n) is 3.88. The molecule has 2 aromatic rings. The van der Waals surface area contributed by atoms with Gasteiger partial charge in [0, 0.05) is 25.0 Å². The first kappa shape index (κ1) is 20.3. The summed E-state index contributed by atoms with van der Waals surface area (Å²) in [6, 6.07) is 12.7. The van der Waals surface area contributed by atoms with Gasteiger partial charge in [0.25, 0.3) is 0 Å². The number of urea groups is 1. The summed E-state index contributed by atoms with van der Waals surface area (Å²) in [5.74, 6) is 0.537. The molecule has 0 unspecified atom stereocenters. The van der Waals surface area contributed by atoms with Crippen LogP contribution in [0.3, 0.4) is 0 Å². The molecule has 144 valence electrons. The molecule has 0 aliphatic heterocycles. The SMILES string of the molecule is COCC(=O)Nc1ccc(C)c(NC(=O)NCCc2cccc(OC)c2)c1. The van der Waals surface area contributed by atoms with Crippen LogP contribution in [0.25, 0.3) is 0 Å².